The standard InChI is InChI=1S/C30H33N5O4/c1-5-39-30(38)21-11-13-23-25(17-21)33-29(37)27(23)28(20-9-7-6-8-10-20)32-22-12-14-26(24(31)18-22)35(19(2)36)16-15-34(3)4/h6-14,17-18,27H,5,15-16,31H2,1-4H3,(H,33,37). The largest absolute Gasteiger partial charge is 0.462 e. The van der Waals surface area contributed by atoms with E-state index in [0.717, 1.165) is 5.56 Å². The number of ether oxygens (including phenoxy) is 1. The third-order valence-electron chi connectivity index (χ3n) is 6.44. The maximum Gasteiger partial charge on any atom is 0.338 e. The number of nitrogens with one attached hydrogen (secondary N) is 1. The number of nitrogens with zero attached hydrogens (tertiary/aromatic N) is 3. The molecule has 4 rings (SSSR count). The monoisotopic (exact) mass is 527 g/mol. The quantitative estimate of drug-likeness (QED) is 0.245. The highest BCUT2D eigenvalue weighted by Gasteiger charge is 2.36. The molecule has 9 nitrogen and oxygen atoms in total. The molecule has 0 fully saturated rings. The number of likely N-dealkylation sites (N-methyl/N-ethyl adjacent to an activating group) is 1. The van der Waals surface area contributed by atoms with Crippen LogP contribution in [0, 0.1) is 0 Å². The minimum Gasteiger partial charge on any atom is -0.462 e. The van der Waals surface area contributed by atoms with E-state index >= 15 is 0 Å². The number of benzene rings is 3. The second-order valence-corrected chi connectivity index (χ2v) is 9.52. The number of fused-ring (bicyclic) bond motifs is 1. The highest BCUT2D eigenvalue weighted by atomic mass is 16.5. The van der Waals surface area contributed by atoms with E-state index in [1.807, 2.05) is 49.3 Å². The van der Waals surface area contributed by atoms with E-state index in [0.29, 0.717) is 52.7 Å². The number of hydrogen-bond donors (Lipinski definition) is 2. The first kappa shape index (κ1) is 27.5. The van der Waals surface area contributed by atoms with Crippen molar-refractivity contribution in [3.63, 3.8) is 0 Å². The number of hydrogen-bond acceptors (Lipinski definition) is 7. The summed E-state index contributed by atoms with van der Waals surface area (Å²) < 4.78 is 5.10. The molecule has 0 radical (unpaired) electrons. The van der Waals surface area contributed by atoms with Gasteiger partial charge in [-0.25, -0.2) is 4.79 Å². The summed E-state index contributed by atoms with van der Waals surface area (Å²) in [6, 6.07) is 19.8. The van der Waals surface area contributed by atoms with E-state index in [2.05, 4.69) is 5.32 Å². The van der Waals surface area contributed by atoms with Crippen LogP contribution in [0.2, 0.25) is 0 Å². The van der Waals surface area contributed by atoms with Gasteiger partial charge in [0.1, 0.15) is 5.92 Å². The summed E-state index contributed by atoms with van der Waals surface area (Å²) in [6.45, 7) is 4.70. The van der Waals surface area contributed by atoms with Gasteiger partial charge in [-0.15, -0.1) is 0 Å². The van der Waals surface area contributed by atoms with Crippen molar-refractivity contribution in [2.24, 2.45) is 4.99 Å². The third-order valence-corrected chi connectivity index (χ3v) is 6.44. The van der Waals surface area contributed by atoms with Crippen LogP contribution in [0.25, 0.3) is 0 Å². The molecule has 202 valence electrons. The summed E-state index contributed by atoms with van der Waals surface area (Å²) in [7, 11) is 3.89. The predicted molar refractivity (Wildman–Crippen MR) is 154 cm³/mol. The summed E-state index contributed by atoms with van der Waals surface area (Å²) in [6.07, 6.45) is 0. The van der Waals surface area contributed by atoms with E-state index in [4.69, 9.17) is 15.5 Å². The van der Waals surface area contributed by atoms with E-state index in [1.165, 1.54) is 6.92 Å². The summed E-state index contributed by atoms with van der Waals surface area (Å²) >= 11 is 0. The van der Waals surface area contributed by atoms with Gasteiger partial charge in [-0.3, -0.25) is 14.6 Å². The molecule has 0 aliphatic carbocycles. The lowest BCUT2D eigenvalue weighted by Crippen LogP contribution is -2.35. The first-order valence-corrected chi connectivity index (χ1v) is 12.8. The Morgan fingerprint density at radius 2 is 1.74 bits per heavy atom. The normalized spacial score (nSPS) is 14.6. The van der Waals surface area contributed by atoms with Gasteiger partial charge >= 0.3 is 5.97 Å². The van der Waals surface area contributed by atoms with Crippen LogP contribution in [0.4, 0.5) is 22.7 Å². The zero-order chi connectivity index (χ0) is 28.1. The van der Waals surface area contributed by atoms with Crippen LogP contribution in [0.1, 0.15) is 41.3 Å². The average Bonchev–Trinajstić information content (AvgIpc) is 3.23. The van der Waals surface area contributed by atoms with Gasteiger partial charge in [0, 0.05) is 25.7 Å². The van der Waals surface area contributed by atoms with Gasteiger partial charge in [-0.05, 0) is 62.5 Å². The number of amides is 2. The van der Waals surface area contributed by atoms with Crippen molar-refractivity contribution < 1.29 is 19.1 Å². The van der Waals surface area contributed by atoms with E-state index in [1.54, 1.807) is 48.2 Å². The minimum atomic E-state index is -0.701. The number of nitrogen functional groups attached to an aromatic ring is 1. The van der Waals surface area contributed by atoms with Crippen LogP contribution in [-0.2, 0) is 14.3 Å². The van der Waals surface area contributed by atoms with Crippen LogP contribution >= 0.6 is 0 Å². The molecule has 2 amide bonds. The van der Waals surface area contributed by atoms with Crippen molar-refractivity contribution in [1.82, 2.24) is 4.90 Å². The van der Waals surface area contributed by atoms with Crippen LogP contribution in [-0.4, -0.2) is 62.2 Å². The highest BCUT2D eigenvalue weighted by Crippen LogP contribution is 2.38. The number of rotatable bonds is 9. The van der Waals surface area contributed by atoms with Crippen molar-refractivity contribution in [1.29, 1.82) is 0 Å². The zero-order valence-electron chi connectivity index (χ0n) is 22.6. The molecule has 39 heavy (non-hydrogen) atoms. The molecule has 1 heterocycles. The van der Waals surface area contributed by atoms with Crippen LogP contribution in [0.15, 0.2) is 71.7 Å². The molecule has 3 aromatic carbocycles. The van der Waals surface area contributed by atoms with Gasteiger partial charge in [-0.1, -0.05) is 36.4 Å². The first-order chi connectivity index (χ1) is 18.7. The number of nitrogens with two attached hydrogens (primary N) is 1. The molecule has 0 bridgehead atoms. The molecule has 1 aliphatic heterocycles. The lowest BCUT2D eigenvalue weighted by atomic mass is 9.90. The summed E-state index contributed by atoms with van der Waals surface area (Å²) in [5.41, 5.74) is 10.9. The molecular weight excluding hydrogens is 494 g/mol. The summed E-state index contributed by atoms with van der Waals surface area (Å²) in [4.78, 5) is 46.4. The SMILES string of the molecule is CCOC(=O)c1ccc2c(c1)NC(=O)C2C(=Nc1ccc(N(CCN(C)C)C(C)=O)c(N)c1)c1ccccc1. The Hall–Kier alpha value is -4.50. The summed E-state index contributed by atoms with van der Waals surface area (Å²) in [5, 5.41) is 2.89. The van der Waals surface area contributed by atoms with Crippen molar-refractivity contribution in [2.75, 3.05) is 49.7 Å². The average molecular weight is 528 g/mol. The van der Waals surface area contributed by atoms with Crippen molar-refractivity contribution in [3.8, 4) is 0 Å². The van der Waals surface area contributed by atoms with Crippen LogP contribution in [0.5, 0.6) is 0 Å². The minimum absolute atomic E-state index is 0.105. The smallest absolute Gasteiger partial charge is 0.338 e. The second kappa shape index (κ2) is 11.9. The predicted octanol–water partition coefficient (Wildman–Crippen LogP) is 4.22. The van der Waals surface area contributed by atoms with Crippen molar-refractivity contribution >= 4 is 46.2 Å². The van der Waals surface area contributed by atoms with Gasteiger partial charge in [0.2, 0.25) is 11.8 Å². The van der Waals surface area contributed by atoms with Crippen molar-refractivity contribution in [2.45, 2.75) is 19.8 Å². The maximum atomic E-state index is 13.3. The van der Waals surface area contributed by atoms with E-state index in [-0.39, 0.29) is 18.4 Å². The molecule has 1 aliphatic rings. The molecule has 0 saturated carbocycles. The molecule has 0 spiro atoms. The van der Waals surface area contributed by atoms with Gasteiger partial charge in [0.25, 0.3) is 0 Å². The molecule has 0 aromatic heterocycles. The Morgan fingerprint density at radius 3 is 2.38 bits per heavy atom. The Labute approximate surface area is 228 Å². The van der Waals surface area contributed by atoms with Gasteiger partial charge < -0.3 is 25.6 Å². The van der Waals surface area contributed by atoms with Gasteiger partial charge in [-0.2, -0.15) is 0 Å². The molecule has 1 atom stereocenters. The Morgan fingerprint density at radius 1 is 1.00 bits per heavy atom. The number of anilines is 3. The van der Waals surface area contributed by atoms with Gasteiger partial charge in [0.05, 0.1) is 34.9 Å². The Kier molecular flexibility index (Phi) is 8.41. The number of esters is 1. The fourth-order valence-corrected chi connectivity index (χ4v) is 4.52. The maximum absolute atomic E-state index is 13.3. The third kappa shape index (κ3) is 6.15. The lowest BCUT2D eigenvalue weighted by Gasteiger charge is -2.24. The van der Waals surface area contributed by atoms with Crippen LogP contribution in [0.3, 0.4) is 0 Å². The first-order valence-electron chi connectivity index (χ1n) is 12.8. The van der Waals surface area contributed by atoms with E-state index in [9.17, 15) is 14.4 Å². The molecule has 3 aromatic rings. The molecule has 3 N–H and O–H groups in total. The number of carbonyl (C=O) groups excluding carboxylic acids is 3. The fraction of sp³-hybridized carbons (Fsp3) is 0.267. The Bertz CT molecular complexity index is 1420. The molecular formula is C30H33N5O4. The molecule has 1 unspecified atom stereocenters. The van der Waals surface area contributed by atoms with Gasteiger partial charge in [0.15, 0.2) is 0 Å². The van der Waals surface area contributed by atoms with E-state index < -0.39 is 11.9 Å². The van der Waals surface area contributed by atoms with Crippen molar-refractivity contribution in [3.05, 3.63) is 83.4 Å². The molecule has 9 heteroatoms. The summed E-state index contributed by atoms with van der Waals surface area (Å²) in [5.74, 6) is -1.50. The number of carbonyl (C=O) groups is 3. The zero-order valence-corrected chi connectivity index (χ0v) is 22.6. The van der Waals surface area contributed by atoms with Crippen LogP contribution < -0.4 is 16.0 Å². The fourth-order valence-electron chi connectivity index (χ4n) is 4.52. The second-order valence-electron chi connectivity index (χ2n) is 9.52. The Balaban J connectivity index is 1.75. The topological polar surface area (TPSA) is 117 Å². The highest BCUT2D eigenvalue weighted by molar-refractivity contribution is 6.24. The molecule has 0 saturated heterocycles. The number of aliphatic imine (C=N–C) groups is 1. The lowest BCUT2D eigenvalue weighted by molar-refractivity contribution is -0.117.